The van der Waals surface area contributed by atoms with Gasteiger partial charge in [-0.2, -0.15) is 4.31 Å². The van der Waals surface area contributed by atoms with Crippen LogP contribution in [0.2, 0.25) is 0 Å². The number of amides is 1. The first kappa shape index (κ1) is 24.6. The third kappa shape index (κ3) is 5.44. The predicted molar refractivity (Wildman–Crippen MR) is 133 cm³/mol. The third-order valence-corrected chi connectivity index (χ3v) is 8.00. The molecule has 1 aromatic heterocycles. The van der Waals surface area contributed by atoms with Crippen LogP contribution in [-0.2, 0) is 14.8 Å². The van der Waals surface area contributed by atoms with Crippen LogP contribution in [0.25, 0.3) is 11.4 Å². The lowest BCUT2D eigenvalue weighted by atomic mass is 9.97. The van der Waals surface area contributed by atoms with E-state index in [1.165, 1.54) is 10.4 Å². The van der Waals surface area contributed by atoms with Crippen LogP contribution < -0.4 is 15.6 Å². The van der Waals surface area contributed by atoms with Gasteiger partial charge in [0.15, 0.2) is 0 Å². The highest BCUT2D eigenvalue weighted by Gasteiger charge is 2.32. The zero-order valence-corrected chi connectivity index (χ0v) is 20.7. The zero-order valence-electron chi connectivity index (χ0n) is 19.9. The summed E-state index contributed by atoms with van der Waals surface area (Å²) in [5.41, 5.74) is 2.37. The standard InChI is InChI=1S/C25H28N4O5S/c1-16-13-21(7-8-22(16)34-3)35(32,33)29-11-9-18(10-12-29)25(31)27-20-6-4-5-19(15-20)24-26-17(2)14-23(30)28-24/h4-8,13-15,18H,9-12H2,1-3H3,(H,27,31)(H,26,28,30). The maximum atomic E-state index is 13.1. The number of methoxy groups -OCH3 is 1. The van der Waals surface area contributed by atoms with Gasteiger partial charge in [-0.1, -0.05) is 12.1 Å². The van der Waals surface area contributed by atoms with Gasteiger partial charge in [0.2, 0.25) is 15.9 Å². The first-order valence-electron chi connectivity index (χ1n) is 11.3. The molecule has 1 aliphatic rings. The number of aromatic nitrogens is 2. The molecule has 1 amide bonds. The number of anilines is 1. The molecule has 0 spiro atoms. The second-order valence-electron chi connectivity index (χ2n) is 8.62. The Balaban J connectivity index is 1.41. The summed E-state index contributed by atoms with van der Waals surface area (Å²) < 4.78 is 32.8. The van der Waals surface area contributed by atoms with E-state index in [0.717, 1.165) is 5.56 Å². The number of hydrogen-bond acceptors (Lipinski definition) is 6. The van der Waals surface area contributed by atoms with Crippen LogP contribution in [0.4, 0.5) is 5.69 Å². The molecule has 3 aromatic rings. The summed E-state index contributed by atoms with van der Waals surface area (Å²) in [5.74, 6) is 0.594. The van der Waals surface area contributed by atoms with Gasteiger partial charge in [0.25, 0.3) is 5.56 Å². The minimum atomic E-state index is -3.65. The topological polar surface area (TPSA) is 121 Å². The van der Waals surface area contributed by atoms with Crippen molar-refractivity contribution in [3.63, 3.8) is 0 Å². The Kier molecular flexibility index (Phi) is 7.04. The second-order valence-corrected chi connectivity index (χ2v) is 10.6. The summed E-state index contributed by atoms with van der Waals surface area (Å²) >= 11 is 0. The molecule has 0 radical (unpaired) electrons. The number of ether oxygens (including phenoxy) is 1. The number of H-pyrrole nitrogens is 1. The maximum absolute atomic E-state index is 13.1. The van der Waals surface area contributed by atoms with Gasteiger partial charge in [-0.25, -0.2) is 13.4 Å². The van der Waals surface area contributed by atoms with Crippen molar-refractivity contribution in [3.05, 3.63) is 70.1 Å². The highest BCUT2D eigenvalue weighted by Crippen LogP contribution is 2.28. The van der Waals surface area contributed by atoms with E-state index in [1.807, 2.05) is 0 Å². The maximum Gasteiger partial charge on any atom is 0.251 e. The average Bonchev–Trinajstić information content (AvgIpc) is 2.83. The van der Waals surface area contributed by atoms with Crippen molar-refractivity contribution >= 4 is 21.6 Å². The van der Waals surface area contributed by atoms with Gasteiger partial charge in [-0.05, 0) is 62.6 Å². The smallest absolute Gasteiger partial charge is 0.251 e. The Labute approximate surface area is 204 Å². The molecule has 0 saturated carbocycles. The highest BCUT2D eigenvalue weighted by atomic mass is 32.2. The Morgan fingerprint density at radius 1 is 1.11 bits per heavy atom. The molecule has 2 N–H and O–H groups in total. The molecule has 2 aromatic carbocycles. The molecule has 0 unspecified atom stereocenters. The summed E-state index contributed by atoms with van der Waals surface area (Å²) in [7, 11) is -2.11. The number of nitrogens with zero attached hydrogens (tertiary/aromatic N) is 2. The highest BCUT2D eigenvalue weighted by molar-refractivity contribution is 7.89. The van der Waals surface area contributed by atoms with Crippen LogP contribution in [0.5, 0.6) is 5.75 Å². The fourth-order valence-electron chi connectivity index (χ4n) is 4.22. The van der Waals surface area contributed by atoms with Crippen molar-refractivity contribution in [2.75, 3.05) is 25.5 Å². The van der Waals surface area contributed by atoms with Gasteiger partial charge in [-0.3, -0.25) is 9.59 Å². The number of nitrogens with one attached hydrogen (secondary N) is 2. The van der Waals surface area contributed by atoms with Crippen LogP contribution in [0, 0.1) is 19.8 Å². The molecule has 1 fully saturated rings. The number of sulfonamides is 1. The predicted octanol–water partition coefficient (Wildman–Crippen LogP) is 3.10. The van der Waals surface area contributed by atoms with Gasteiger partial charge >= 0.3 is 0 Å². The van der Waals surface area contributed by atoms with E-state index in [2.05, 4.69) is 15.3 Å². The van der Waals surface area contributed by atoms with Crippen LogP contribution >= 0.6 is 0 Å². The Bertz CT molecular complexity index is 1410. The third-order valence-electron chi connectivity index (χ3n) is 6.10. The molecule has 1 saturated heterocycles. The number of carbonyl (C=O) groups excluding carboxylic acids is 1. The number of piperidine rings is 1. The molecule has 0 atom stereocenters. The van der Waals surface area contributed by atoms with Crippen LogP contribution in [0.3, 0.4) is 0 Å². The number of benzene rings is 2. The number of rotatable bonds is 6. The minimum absolute atomic E-state index is 0.162. The van der Waals surface area contributed by atoms with Crippen molar-refractivity contribution < 1.29 is 17.9 Å². The largest absolute Gasteiger partial charge is 0.496 e. The number of hydrogen-bond donors (Lipinski definition) is 2. The Morgan fingerprint density at radius 2 is 1.86 bits per heavy atom. The van der Waals surface area contributed by atoms with E-state index in [4.69, 9.17) is 4.74 Å². The Morgan fingerprint density at radius 3 is 2.51 bits per heavy atom. The lowest BCUT2D eigenvalue weighted by Gasteiger charge is -2.30. The van der Waals surface area contributed by atoms with Crippen molar-refractivity contribution in [2.24, 2.45) is 5.92 Å². The quantitative estimate of drug-likeness (QED) is 0.541. The van der Waals surface area contributed by atoms with E-state index in [9.17, 15) is 18.0 Å². The SMILES string of the molecule is COc1ccc(S(=O)(=O)N2CCC(C(=O)Nc3cccc(-c4nc(C)cc(=O)[nH]4)c3)CC2)cc1C. The molecule has 184 valence electrons. The lowest BCUT2D eigenvalue weighted by molar-refractivity contribution is -0.120. The minimum Gasteiger partial charge on any atom is -0.496 e. The number of carbonyl (C=O) groups is 1. The van der Waals surface area contributed by atoms with Crippen molar-refractivity contribution in [1.29, 1.82) is 0 Å². The number of aryl methyl sites for hydroxylation is 2. The molecule has 35 heavy (non-hydrogen) atoms. The fourth-order valence-corrected chi connectivity index (χ4v) is 5.78. The van der Waals surface area contributed by atoms with Crippen LogP contribution in [0.1, 0.15) is 24.1 Å². The Hall–Kier alpha value is -3.50. The summed E-state index contributed by atoms with van der Waals surface area (Å²) in [5, 5.41) is 2.92. The molecule has 10 heteroatoms. The zero-order chi connectivity index (χ0) is 25.2. The number of aromatic amines is 1. The second kappa shape index (κ2) is 10.0. The molecule has 9 nitrogen and oxygen atoms in total. The molecule has 1 aliphatic heterocycles. The molecule has 2 heterocycles. The van der Waals surface area contributed by atoms with Crippen molar-refractivity contribution in [2.45, 2.75) is 31.6 Å². The summed E-state index contributed by atoms with van der Waals surface area (Å²) in [6.45, 7) is 4.07. The van der Waals surface area contributed by atoms with Gasteiger partial charge < -0.3 is 15.0 Å². The molecule has 0 bridgehead atoms. The van der Waals surface area contributed by atoms with Gasteiger partial charge in [-0.15, -0.1) is 0 Å². The van der Waals surface area contributed by atoms with Crippen LogP contribution in [-0.4, -0.2) is 48.8 Å². The molecule has 4 rings (SSSR count). The molecule has 0 aliphatic carbocycles. The van der Waals surface area contributed by atoms with Crippen molar-refractivity contribution in [3.8, 4) is 17.1 Å². The first-order valence-corrected chi connectivity index (χ1v) is 12.8. The lowest BCUT2D eigenvalue weighted by Crippen LogP contribution is -2.41. The summed E-state index contributed by atoms with van der Waals surface area (Å²) in [6, 6.07) is 13.3. The van der Waals surface area contributed by atoms with Gasteiger partial charge in [0, 0.05) is 42.0 Å². The van der Waals surface area contributed by atoms with Crippen LogP contribution in [0.15, 0.2) is 58.2 Å². The first-order chi connectivity index (χ1) is 16.7. The average molecular weight is 497 g/mol. The van der Waals surface area contributed by atoms with E-state index in [-0.39, 0.29) is 35.4 Å². The normalized spacial score (nSPS) is 15.1. The van der Waals surface area contributed by atoms with E-state index < -0.39 is 10.0 Å². The molecular weight excluding hydrogens is 468 g/mol. The van der Waals surface area contributed by atoms with E-state index in [1.54, 1.807) is 63.4 Å². The van der Waals surface area contributed by atoms with Crippen molar-refractivity contribution in [1.82, 2.24) is 14.3 Å². The summed E-state index contributed by atoms with van der Waals surface area (Å²) in [6.07, 6.45) is 0.847. The van der Waals surface area contributed by atoms with Gasteiger partial charge in [0.05, 0.1) is 12.0 Å². The fraction of sp³-hybridized carbons (Fsp3) is 0.320. The summed E-state index contributed by atoms with van der Waals surface area (Å²) in [4.78, 5) is 31.9. The molecular formula is C25H28N4O5S. The monoisotopic (exact) mass is 496 g/mol. The van der Waals surface area contributed by atoms with E-state index >= 15 is 0 Å². The van der Waals surface area contributed by atoms with Gasteiger partial charge in [0.1, 0.15) is 11.6 Å². The van der Waals surface area contributed by atoms with E-state index in [0.29, 0.717) is 41.4 Å².